The molecule has 2 aliphatic heterocycles. The van der Waals surface area contributed by atoms with E-state index in [1.165, 1.54) is 5.69 Å². The third kappa shape index (κ3) is 4.35. The standard InChI is InChI=1S/C24H29Cl2N5O/c1-15(19-6-4-16(25)11-20(19)26)31-14-28-21-7-5-18(12-23(21)31)30-10-8-17(13-30)29-24(32)22-3-2-9-27-22/h4-7,11-12,14-15,17,22,24,27,29,32H,2-3,8-10,13H2,1H3/t15-,17?,22-,24?/m1/s1. The lowest BCUT2D eigenvalue weighted by molar-refractivity contribution is 0.0906. The van der Waals surface area contributed by atoms with Crippen LogP contribution < -0.4 is 15.5 Å². The molecule has 0 spiro atoms. The fourth-order valence-electron chi connectivity index (χ4n) is 4.98. The van der Waals surface area contributed by atoms with Crippen LogP contribution in [-0.4, -0.2) is 52.6 Å². The van der Waals surface area contributed by atoms with E-state index in [1.54, 1.807) is 6.07 Å². The van der Waals surface area contributed by atoms with Crippen molar-refractivity contribution in [1.82, 2.24) is 20.2 Å². The molecule has 2 aliphatic rings. The molecule has 8 heteroatoms. The lowest BCUT2D eigenvalue weighted by Crippen LogP contribution is -2.49. The van der Waals surface area contributed by atoms with Gasteiger partial charge in [-0.2, -0.15) is 0 Å². The molecule has 0 amide bonds. The van der Waals surface area contributed by atoms with Crippen LogP contribution in [0.25, 0.3) is 11.0 Å². The van der Waals surface area contributed by atoms with Crippen LogP contribution in [0.1, 0.15) is 37.8 Å². The van der Waals surface area contributed by atoms with Crippen LogP contribution in [-0.2, 0) is 0 Å². The second-order valence-corrected chi connectivity index (χ2v) is 9.76. The third-order valence-corrected chi connectivity index (χ3v) is 7.39. The highest BCUT2D eigenvalue weighted by Crippen LogP contribution is 2.32. The fourth-order valence-corrected chi connectivity index (χ4v) is 5.55. The van der Waals surface area contributed by atoms with Crippen molar-refractivity contribution < 1.29 is 5.11 Å². The Morgan fingerprint density at radius 2 is 2.06 bits per heavy atom. The quantitative estimate of drug-likeness (QED) is 0.468. The van der Waals surface area contributed by atoms with Gasteiger partial charge in [0.1, 0.15) is 6.23 Å². The Morgan fingerprint density at radius 3 is 2.84 bits per heavy atom. The Balaban J connectivity index is 1.33. The summed E-state index contributed by atoms with van der Waals surface area (Å²) in [5.41, 5.74) is 4.22. The predicted molar refractivity (Wildman–Crippen MR) is 131 cm³/mol. The van der Waals surface area contributed by atoms with Gasteiger partial charge in [-0.05, 0) is 68.6 Å². The molecule has 5 rings (SSSR count). The summed E-state index contributed by atoms with van der Waals surface area (Å²) in [6.45, 7) is 4.95. The highest BCUT2D eigenvalue weighted by atomic mass is 35.5. The molecule has 1 aromatic heterocycles. The average Bonchev–Trinajstić information content (AvgIpc) is 3.53. The van der Waals surface area contributed by atoms with Gasteiger partial charge in [-0.25, -0.2) is 4.98 Å². The number of halogens is 2. The minimum atomic E-state index is -0.490. The van der Waals surface area contributed by atoms with Crippen molar-refractivity contribution in [1.29, 1.82) is 0 Å². The third-order valence-electron chi connectivity index (χ3n) is 6.83. The zero-order valence-electron chi connectivity index (χ0n) is 18.1. The zero-order chi connectivity index (χ0) is 22.2. The van der Waals surface area contributed by atoms with Gasteiger partial charge in [0.15, 0.2) is 0 Å². The van der Waals surface area contributed by atoms with E-state index in [9.17, 15) is 5.11 Å². The van der Waals surface area contributed by atoms with Gasteiger partial charge in [0.05, 0.1) is 23.4 Å². The molecular weight excluding hydrogens is 445 g/mol. The van der Waals surface area contributed by atoms with E-state index in [4.69, 9.17) is 23.2 Å². The van der Waals surface area contributed by atoms with E-state index in [2.05, 4.69) is 50.2 Å². The number of hydrogen-bond acceptors (Lipinski definition) is 5. The first-order valence-electron chi connectivity index (χ1n) is 11.3. The number of benzene rings is 2. The largest absolute Gasteiger partial charge is 0.377 e. The van der Waals surface area contributed by atoms with Crippen molar-refractivity contribution in [3.05, 3.63) is 58.3 Å². The van der Waals surface area contributed by atoms with Crippen molar-refractivity contribution in [2.24, 2.45) is 0 Å². The molecule has 6 nitrogen and oxygen atoms in total. The van der Waals surface area contributed by atoms with Gasteiger partial charge < -0.3 is 19.9 Å². The monoisotopic (exact) mass is 473 g/mol. The summed E-state index contributed by atoms with van der Waals surface area (Å²) < 4.78 is 2.16. The lowest BCUT2D eigenvalue weighted by atomic mass is 10.1. The zero-order valence-corrected chi connectivity index (χ0v) is 19.7. The maximum absolute atomic E-state index is 10.5. The van der Waals surface area contributed by atoms with Crippen LogP contribution in [0.15, 0.2) is 42.7 Å². The molecule has 2 saturated heterocycles. The number of hydrogen-bond donors (Lipinski definition) is 3. The molecule has 0 aliphatic carbocycles. The van der Waals surface area contributed by atoms with Crippen molar-refractivity contribution in [2.45, 2.75) is 50.5 Å². The van der Waals surface area contributed by atoms with Gasteiger partial charge in [-0.3, -0.25) is 5.32 Å². The maximum atomic E-state index is 10.5. The van der Waals surface area contributed by atoms with E-state index in [0.29, 0.717) is 10.0 Å². The van der Waals surface area contributed by atoms with E-state index in [0.717, 1.165) is 55.5 Å². The first kappa shape index (κ1) is 22.0. The average molecular weight is 474 g/mol. The first-order valence-corrected chi connectivity index (χ1v) is 12.1. The second-order valence-electron chi connectivity index (χ2n) is 8.91. The Kier molecular flexibility index (Phi) is 6.32. The van der Waals surface area contributed by atoms with Crippen LogP contribution in [0.2, 0.25) is 10.0 Å². The number of aliphatic hydroxyl groups is 1. The minimum Gasteiger partial charge on any atom is -0.377 e. The highest BCUT2D eigenvalue weighted by molar-refractivity contribution is 6.35. The summed E-state index contributed by atoms with van der Waals surface area (Å²) in [6, 6.07) is 12.5. The molecule has 0 saturated carbocycles. The molecule has 3 heterocycles. The minimum absolute atomic E-state index is 0.0297. The highest BCUT2D eigenvalue weighted by Gasteiger charge is 2.29. The van der Waals surface area contributed by atoms with Gasteiger partial charge >= 0.3 is 0 Å². The number of imidazole rings is 1. The Labute approximate surface area is 198 Å². The summed E-state index contributed by atoms with van der Waals surface area (Å²) in [4.78, 5) is 6.98. The van der Waals surface area contributed by atoms with Crippen molar-refractivity contribution in [3.63, 3.8) is 0 Å². The van der Waals surface area contributed by atoms with Gasteiger partial charge in [0, 0.05) is 40.9 Å². The van der Waals surface area contributed by atoms with Crippen LogP contribution in [0, 0.1) is 0 Å². The van der Waals surface area contributed by atoms with Crippen LogP contribution in [0.5, 0.6) is 0 Å². The molecule has 3 N–H and O–H groups in total. The van der Waals surface area contributed by atoms with E-state index >= 15 is 0 Å². The van der Waals surface area contributed by atoms with Gasteiger partial charge in [-0.1, -0.05) is 29.3 Å². The van der Waals surface area contributed by atoms with Crippen molar-refractivity contribution in [3.8, 4) is 0 Å². The number of nitrogens with zero attached hydrogens (tertiary/aromatic N) is 3. The van der Waals surface area contributed by atoms with Crippen LogP contribution in [0.3, 0.4) is 0 Å². The molecular formula is C24H29Cl2N5O. The van der Waals surface area contributed by atoms with E-state index in [1.807, 2.05) is 18.5 Å². The number of aromatic nitrogens is 2. The van der Waals surface area contributed by atoms with E-state index in [-0.39, 0.29) is 18.1 Å². The Bertz CT molecular complexity index is 1100. The predicted octanol–water partition coefficient (Wildman–Crippen LogP) is 4.19. The van der Waals surface area contributed by atoms with Crippen LogP contribution in [0.4, 0.5) is 5.69 Å². The number of nitrogens with one attached hydrogen (secondary N) is 2. The molecule has 32 heavy (non-hydrogen) atoms. The van der Waals surface area contributed by atoms with Crippen molar-refractivity contribution >= 4 is 39.9 Å². The molecule has 3 aromatic rings. The summed E-state index contributed by atoms with van der Waals surface area (Å²) in [7, 11) is 0. The normalized spacial score (nSPS) is 23.2. The Morgan fingerprint density at radius 1 is 1.19 bits per heavy atom. The van der Waals surface area contributed by atoms with Gasteiger partial charge in [0.2, 0.25) is 0 Å². The van der Waals surface area contributed by atoms with Gasteiger partial charge in [0.25, 0.3) is 0 Å². The smallest absolute Gasteiger partial charge is 0.120 e. The molecule has 2 fully saturated rings. The first-order chi connectivity index (χ1) is 15.5. The number of rotatable bonds is 6. The second kappa shape index (κ2) is 9.20. The fraction of sp³-hybridized carbons (Fsp3) is 0.458. The summed E-state index contributed by atoms with van der Waals surface area (Å²) in [6.07, 6.45) is 4.56. The number of fused-ring (bicyclic) bond motifs is 1. The van der Waals surface area contributed by atoms with Crippen LogP contribution >= 0.6 is 23.2 Å². The molecule has 4 atom stereocenters. The maximum Gasteiger partial charge on any atom is 0.120 e. The summed E-state index contributed by atoms with van der Waals surface area (Å²) >= 11 is 12.6. The summed E-state index contributed by atoms with van der Waals surface area (Å²) in [5.74, 6) is 0. The molecule has 0 radical (unpaired) electrons. The van der Waals surface area contributed by atoms with Crippen molar-refractivity contribution in [2.75, 3.05) is 24.5 Å². The molecule has 0 bridgehead atoms. The Hall–Kier alpha value is -1.83. The number of anilines is 1. The lowest BCUT2D eigenvalue weighted by Gasteiger charge is -2.24. The van der Waals surface area contributed by atoms with E-state index < -0.39 is 6.23 Å². The topological polar surface area (TPSA) is 65.4 Å². The molecule has 2 unspecified atom stereocenters. The van der Waals surface area contributed by atoms with Gasteiger partial charge in [-0.15, -0.1) is 0 Å². The number of aliphatic hydroxyl groups excluding tert-OH is 1. The summed E-state index contributed by atoms with van der Waals surface area (Å²) in [5, 5.41) is 18.6. The molecule has 2 aromatic carbocycles. The SMILES string of the molecule is C[C@H](c1ccc(Cl)cc1Cl)n1cnc2ccc(N3CCC(NC(O)[C@H]4CCCN4)C3)cc21. The molecule has 170 valence electrons.